The molecule has 0 aromatic heterocycles. The lowest BCUT2D eigenvalue weighted by molar-refractivity contribution is 0.0635. The predicted octanol–water partition coefficient (Wildman–Crippen LogP) is 6.42. The summed E-state index contributed by atoms with van der Waals surface area (Å²) in [6.07, 6.45) is -0.535. The summed E-state index contributed by atoms with van der Waals surface area (Å²) in [7, 11) is 0. The molecule has 0 aliphatic carbocycles. The van der Waals surface area contributed by atoms with Crippen molar-refractivity contribution < 1.29 is 19.1 Å². The number of carbonyl (C=O) groups is 2. The molecule has 0 unspecified atom stereocenters. The Morgan fingerprint density at radius 2 is 1.62 bits per heavy atom. The van der Waals surface area contributed by atoms with Crippen molar-refractivity contribution in [2.75, 3.05) is 16.4 Å². The van der Waals surface area contributed by atoms with Gasteiger partial charge in [0.15, 0.2) is 0 Å². The summed E-state index contributed by atoms with van der Waals surface area (Å²) in [5.74, 6) is 0.661. The number of nitrogens with one attached hydrogen (secondary N) is 2. The van der Waals surface area contributed by atoms with Crippen LogP contribution < -0.4 is 21.1 Å². The molecule has 0 aliphatic rings. The number of anilines is 3. The Morgan fingerprint density at radius 3 is 2.25 bits per heavy atom. The van der Waals surface area contributed by atoms with Gasteiger partial charge in [0.2, 0.25) is 0 Å². The van der Waals surface area contributed by atoms with Crippen LogP contribution in [-0.4, -0.2) is 17.6 Å². The summed E-state index contributed by atoms with van der Waals surface area (Å²) in [4.78, 5) is 24.3. The second-order valence-corrected chi connectivity index (χ2v) is 8.89. The molecule has 3 aromatic carbocycles. The van der Waals surface area contributed by atoms with E-state index in [2.05, 4.69) is 26.6 Å². The van der Waals surface area contributed by atoms with Crippen LogP contribution in [0.1, 0.15) is 31.1 Å². The minimum absolute atomic E-state index is 0.279. The quantitative estimate of drug-likeness (QED) is 0.352. The summed E-state index contributed by atoms with van der Waals surface area (Å²) in [6.45, 7) is 5.39. The van der Waals surface area contributed by atoms with Crippen LogP contribution in [0.5, 0.6) is 11.5 Å². The van der Waals surface area contributed by atoms with E-state index in [4.69, 9.17) is 15.2 Å². The van der Waals surface area contributed by atoms with Crippen LogP contribution in [0, 0.1) is 0 Å². The normalized spacial score (nSPS) is 10.9. The van der Waals surface area contributed by atoms with Crippen molar-refractivity contribution in [2.45, 2.75) is 26.4 Å². The number of nitrogens with two attached hydrogens (primary N) is 1. The first-order valence-electron chi connectivity index (χ1n) is 9.83. The van der Waals surface area contributed by atoms with E-state index >= 15 is 0 Å². The van der Waals surface area contributed by atoms with Gasteiger partial charge in [0.05, 0.1) is 5.69 Å². The smallest absolute Gasteiger partial charge is 0.412 e. The molecule has 7 nitrogen and oxygen atoms in total. The first-order chi connectivity index (χ1) is 15.1. The number of hydrogen-bond acceptors (Lipinski definition) is 5. The Bertz CT molecular complexity index is 1120. The van der Waals surface area contributed by atoms with Gasteiger partial charge < -0.3 is 20.5 Å². The number of rotatable bonds is 5. The van der Waals surface area contributed by atoms with E-state index in [-0.39, 0.29) is 5.91 Å². The number of ether oxygens (including phenoxy) is 2. The topological polar surface area (TPSA) is 103 Å². The Morgan fingerprint density at radius 1 is 0.906 bits per heavy atom. The summed E-state index contributed by atoms with van der Waals surface area (Å²) >= 11 is 3.37. The largest absolute Gasteiger partial charge is 0.455 e. The molecule has 4 N–H and O–H groups in total. The van der Waals surface area contributed by atoms with Crippen molar-refractivity contribution in [2.24, 2.45) is 0 Å². The third-order valence-electron chi connectivity index (χ3n) is 4.08. The average Bonchev–Trinajstić information content (AvgIpc) is 2.69. The number of carbonyl (C=O) groups excluding carboxylic acids is 2. The van der Waals surface area contributed by atoms with Gasteiger partial charge in [0.1, 0.15) is 17.1 Å². The molecule has 0 aliphatic heterocycles. The van der Waals surface area contributed by atoms with Gasteiger partial charge >= 0.3 is 6.09 Å². The first-order valence-corrected chi connectivity index (χ1v) is 10.6. The highest BCUT2D eigenvalue weighted by Gasteiger charge is 2.16. The minimum Gasteiger partial charge on any atom is -0.455 e. The second kappa shape index (κ2) is 9.74. The lowest BCUT2D eigenvalue weighted by Gasteiger charge is -2.19. The molecular weight excluding hydrogens is 474 g/mol. The SMILES string of the molecule is CC(C)(C)OC(=O)Nc1ccc(Oc2ccc(C(=O)Nc3cccc(Br)c3)cc2N)cc1. The van der Waals surface area contributed by atoms with Crippen molar-refractivity contribution in [1.82, 2.24) is 0 Å². The number of amides is 2. The number of benzene rings is 3. The van der Waals surface area contributed by atoms with Gasteiger partial charge in [0, 0.05) is 21.4 Å². The van der Waals surface area contributed by atoms with E-state index in [0.717, 1.165) is 4.47 Å². The summed E-state index contributed by atoms with van der Waals surface area (Å²) < 4.78 is 11.9. The third-order valence-corrected chi connectivity index (χ3v) is 4.58. The van der Waals surface area contributed by atoms with Crippen molar-refractivity contribution in [1.29, 1.82) is 0 Å². The predicted molar refractivity (Wildman–Crippen MR) is 129 cm³/mol. The lowest BCUT2D eigenvalue weighted by Crippen LogP contribution is -2.27. The van der Waals surface area contributed by atoms with Crippen molar-refractivity contribution in [3.05, 3.63) is 76.8 Å². The maximum absolute atomic E-state index is 12.5. The molecule has 0 saturated heterocycles. The molecule has 0 atom stereocenters. The monoisotopic (exact) mass is 497 g/mol. The molecule has 3 aromatic rings. The molecule has 0 bridgehead atoms. The van der Waals surface area contributed by atoms with Crippen LogP contribution in [0.3, 0.4) is 0 Å². The van der Waals surface area contributed by atoms with Gasteiger partial charge in [-0.15, -0.1) is 0 Å². The highest BCUT2D eigenvalue weighted by molar-refractivity contribution is 9.10. The fourth-order valence-corrected chi connectivity index (χ4v) is 3.11. The van der Waals surface area contributed by atoms with Crippen LogP contribution in [-0.2, 0) is 4.74 Å². The van der Waals surface area contributed by atoms with Gasteiger partial charge in [-0.25, -0.2) is 4.79 Å². The Hall–Kier alpha value is -3.52. The molecule has 0 fully saturated rings. The van der Waals surface area contributed by atoms with Crippen LogP contribution in [0.2, 0.25) is 0 Å². The van der Waals surface area contributed by atoms with E-state index in [1.165, 1.54) is 0 Å². The van der Waals surface area contributed by atoms with Gasteiger partial charge in [-0.05, 0) is 81.4 Å². The van der Waals surface area contributed by atoms with Gasteiger partial charge in [0.25, 0.3) is 5.91 Å². The Balaban J connectivity index is 1.63. The molecule has 3 rings (SSSR count). The summed E-state index contributed by atoms with van der Waals surface area (Å²) in [5.41, 5.74) is 7.48. The molecule has 8 heteroatoms. The zero-order valence-electron chi connectivity index (χ0n) is 17.9. The Kier molecular flexibility index (Phi) is 7.05. The van der Waals surface area contributed by atoms with E-state index in [9.17, 15) is 9.59 Å². The highest BCUT2D eigenvalue weighted by atomic mass is 79.9. The van der Waals surface area contributed by atoms with E-state index in [0.29, 0.717) is 34.1 Å². The molecule has 166 valence electrons. The average molecular weight is 498 g/mol. The lowest BCUT2D eigenvalue weighted by atomic mass is 10.1. The summed E-state index contributed by atoms with van der Waals surface area (Å²) in [5, 5.41) is 5.48. The summed E-state index contributed by atoms with van der Waals surface area (Å²) in [6, 6.07) is 18.9. The minimum atomic E-state index is -0.578. The fraction of sp³-hybridized carbons (Fsp3) is 0.167. The van der Waals surface area contributed by atoms with E-state index in [1.54, 1.807) is 75.4 Å². The Labute approximate surface area is 195 Å². The van der Waals surface area contributed by atoms with Crippen molar-refractivity contribution >= 4 is 45.0 Å². The van der Waals surface area contributed by atoms with Gasteiger partial charge in [-0.1, -0.05) is 22.0 Å². The van der Waals surface area contributed by atoms with Crippen LogP contribution in [0.15, 0.2) is 71.2 Å². The van der Waals surface area contributed by atoms with Crippen LogP contribution in [0.4, 0.5) is 21.9 Å². The zero-order chi connectivity index (χ0) is 23.3. The molecular formula is C24H24BrN3O4. The maximum Gasteiger partial charge on any atom is 0.412 e. The molecule has 2 amide bonds. The number of hydrogen-bond donors (Lipinski definition) is 3. The molecule has 0 saturated carbocycles. The van der Waals surface area contributed by atoms with Gasteiger partial charge in [-0.3, -0.25) is 10.1 Å². The molecule has 0 spiro atoms. The van der Waals surface area contributed by atoms with Crippen molar-refractivity contribution in [3.63, 3.8) is 0 Å². The maximum atomic E-state index is 12.5. The second-order valence-electron chi connectivity index (χ2n) is 7.97. The van der Waals surface area contributed by atoms with E-state index < -0.39 is 11.7 Å². The molecule has 0 heterocycles. The van der Waals surface area contributed by atoms with Gasteiger partial charge in [-0.2, -0.15) is 0 Å². The standard InChI is InChI=1S/C24H24BrN3O4/c1-24(2,3)32-23(30)28-17-8-10-19(11-9-17)31-21-12-7-15(13-20(21)26)22(29)27-18-6-4-5-16(25)14-18/h4-14H,26H2,1-3H3,(H,27,29)(H,28,30). The highest BCUT2D eigenvalue weighted by Crippen LogP contribution is 2.29. The number of halogens is 1. The zero-order valence-corrected chi connectivity index (χ0v) is 19.5. The number of nitrogen functional groups attached to an aromatic ring is 1. The van der Waals surface area contributed by atoms with Crippen LogP contribution in [0.25, 0.3) is 0 Å². The van der Waals surface area contributed by atoms with Crippen molar-refractivity contribution in [3.8, 4) is 11.5 Å². The van der Waals surface area contributed by atoms with E-state index in [1.807, 2.05) is 12.1 Å². The first kappa shape index (κ1) is 23.1. The van der Waals surface area contributed by atoms with Crippen LogP contribution >= 0.6 is 15.9 Å². The molecule has 32 heavy (non-hydrogen) atoms. The fourth-order valence-electron chi connectivity index (χ4n) is 2.71. The third kappa shape index (κ3) is 6.75. The molecule has 0 radical (unpaired) electrons.